The number of hydrogen-bond donors (Lipinski definition) is 0. The van der Waals surface area contributed by atoms with Gasteiger partial charge in [0.2, 0.25) is 0 Å². The number of halogens is 1. The fraction of sp³-hybridized carbons (Fsp3) is 0.130. The molecule has 7 heteroatoms. The molecule has 5 nitrogen and oxygen atoms in total. The van der Waals surface area contributed by atoms with E-state index in [4.69, 9.17) is 21.1 Å². The highest BCUT2D eigenvalue weighted by Crippen LogP contribution is 2.31. The summed E-state index contributed by atoms with van der Waals surface area (Å²) in [4.78, 5) is 0. The second kappa shape index (κ2) is 9.24. The van der Waals surface area contributed by atoms with Crippen molar-refractivity contribution in [2.24, 2.45) is 0 Å². The zero-order valence-electron chi connectivity index (χ0n) is 16.6. The molecule has 0 spiro atoms. The number of hydrogen-bond acceptors (Lipinski definition) is 5. The van der Waals surface area contributed by atoms with Crippen molar-refractivity contribution in [1.82, 2.24) is 14.8 Å². The monoisotopic (exact) mass is 437 g/mol. The van der Waals surface area contributed by atoms with Crippen molar-refractivity contribution >= 4 is 23.4 Å². The summed E-state index contributed by atoms with van der Waals surface area (Å²) in [6, 6.07) is 23.5. The third-order valence-electron chi connectivity index (χ3n) is 4.57. The van der Waals surface area contributed by atoms with Gasteiger partial charge in [-0.1, -0.05) is 35.5 Å². The lowest BCUT2D eigenvalue weighted by molar-refractivity contribution is 0.414. The number of benzene rings is 3. The van der Waals surface area contributed by atoms with Gasteiger partial charge in [0.15, 0.2) is 11.0 Å². The molecule has 4 aromatic rings. The first-order chi connectivity index (χ1) is 14.7. The Balaban J connectivity index is 1.70. The van der Waals surface area contributed by atoms with Crippen LogP contribution in [0.1, 0.15) is 5.56 Å². The second-order valence-electron chi connectivity index (χ2n) is 6.49. The molecule has 0 N–H and O–H groups in total. The van der Waals surface area contributed by atoms with E-state index in [1.165, 1.54) is 0 Å². The van der Waals surface area contributed by atoms with Gasteiger partial charge in [0.25, 0.3) is 0 Å². The minimum atomic E-state index is 0.684. The largest absolute Gasteiger partial charge is 0.497 e. The molecule has 0 bridgehead atoms. The number of aromatic nitrogens is 3. The highest BCUT2D eigenvalue weighted by molar-refractivity contribution is 7.98. The average molecular weight is 438 g/mol. The molecule has 0 unspecified atom stereocenters. The van der Waals surface area contributed by atoms with Gasteiger partial charge < -0.3 is 9.47 Å². The molecule has 0 amide bonds. The van der Waals surface area contributed by atoms with Crippen LogP contribution in [0.4, 0.5) is 0 Å². The molecule has 1 heterocycles. The lowest BCUT2D eigenvalue weighted by Crippen LogP contribution is -2.00. The molecule has 0 fully saturated rings. The molecular weight excluding hydrogens is 418 g/mol. The number of methoxy groups -OCH3 is 2. The van der Waals surface area contributed by atoms with Crippen LogP contribution in [0.5, 0.6) is 11.5 Å². The Kier molecular flexibility index (Phi) is 6.26. The summed E-state index contributed by atoms with van der Waals surface area (Å²) in [5.74, 6) is 3.13. The number of thioether (sulfide) groups is 1. The smallest absolute Gasteiger partial charge is 0.196 e. The Bertz CT molecular complexity index is 1130. The maximum Gasteiger partial charge on any atom is 0.196 e. The van der Waals surface area contributed by atoms with Crippen molar-refractivity contribution < 1.29 is 9.47 Å². The number of ether oxygens (including phenoxy) is 2. The molecule has 0 saturated carbocycles. The molecule has 0 atom stereocenters. The molecule has 0 saturated heterocycles. The highest BCUT2D eigenvalue weighted by Gasteiger charge is 2.16. The van der Waals surface area contributed by atoms with Gasteiger partial charge in [-0.3, -0.25) is 4.57 Å². The molecule has 3 aromatic carbocycles. The molecule has 0 radical (unpaired) electrons. The Morgan fingerprint density at radius 1 is 0.867 bits per heavy atom. The van der Waals surface area contributed by atoms with E-state index in [0.717, 1.165) is 45.0 Å². The highest BCUT2D eigenvalue weighted by atomic mass is 35.5. The summed E-state index contributed by atoms with van der Waals surface area (Å²) >= 11 is 7.72. The van der Waals surface area contributed by atoms with Crippen molar-refractivity contribution in [1.29, 1.82) is 0 Å². The molecule has 1 aromatic heterocycles. The summed E-state index contributed by atoms with van der Waals surface area (Å²) in [5.41, 5.74) is 3.05. The summed E-state index contributed by atoms with van der Waals surface area (Å²) in [6.07, 6.45) is 0. The molecule has 0 aliphatic heterocycles. The van der Waals surface area contributed by atoms with Crippen LogP contribution in [0.25, 0.3) is 17.1 Å². The van der Waals surface area contributed by atoms with Gasteiger partial charge in [0.1, 0.15) is 11.5 Å². The van der Waals surface area contributed by atoms with Crippen molar-refractivity contribution in [2.45, 2.75) is 10.9 Å². The van der Waals surface area contributed by atoms with Crippen molar-refractivity contribution in [3.63, 3.8) is 0 Å². The number of rotatable bonds is 7. The molecule has 0 aliphatic rings. The standard InChI is InChI=1S/C23H20ClN3O2S/c1-28-20-12-6-17(7-13-20)22-25-26-23(27(22)19-10-8-18(24)9-11-19)30-15-16-4-3-5-21(14-16)29-2/h3-14H,15H2,1-2H3. The van der Waals surface area contributed by atoms with Gasteiger partial charge >= 0.3 is 0 Å². The van der Waals surface area contributed by atoms with Gasteiger partial charge in [0, 0.05) is 22.0 Å². The lowest BCUT2D eigenvalue weighted by atomic mass is 10.2. The van der Waals surface area contributed by atoms with E-state index in [2.05, 4.69) is 16.3 Å². The first-order valence-electron chi connectivity index (χ1n) is 9.29. The molecule has 0 aliphatic carbocycles. The maximum absolute atomic E-state index is 6.10. The summed E-state index contributed by atoms with van der Waals surface area (Å²) in [5, 5.41) is 10.4. The van der Waals surface area contributed by atoms with E-state index in [1.807, 2.05) is 71.3 Å². The minimum absolute atomic E-state index is 0.684. The Labute approximate surface area is 184 Å². The average Bonchev–Trinajstić information content (AvgIpc) is 3.22. The van der Waals surface area contributed by atoms with Crippen LogP contribution in [-0.4, -0.2) is 29.0 Å². The Morgan fingerprint density at radius 2 is 1.60 bits per heavy atom. The molecule has 152 valence electrons. The second-order valence-corrected chi connectivity index (χ2v) is 7.87. The molecule has 30 heavy (non-hydrogen) atoms. The van der Waals surface area contributed by atoms with E-state index in [9.17, 15) is 0 Å². The van der Waals surface area contributed by atoms with Crippen molar-refractivity contribution in [3.05, 3.63) is 83.4 Å². The first-order valence-corrected chi connectivity index (χ1v) is 10.7. The summed E-state index contributed by atoms with van der Waals surface area (Å²) in [6.45, 7) is 0. The third kappa shape index (κ3) is 4.45. The van der Waals surface area contributed by atoms with E-state index in [-0.39, 0.29) is 0 Å². The predicted molar refractivity (Wildman–Crippen MR) is 121 cm³/mol. The van der Waals surface area contributed by atoms with Gasteiger partial charge in [-0.2, -0.15) is 0 Å². The van der Waals surface area contributed by atoms with E-state index >= 15 is 0 Å². The van der Waals surface area contributed by atoms with Crippen LogP contribution in [0.2, 0.25) is 5.02 Å². The van der Waals surface area contributed by atoms with Gasteiger partial charge in [-0.25, -0.2) is 0 Å². The van der Waals surface area contributed by atoms with E-state index in [0.29, 0.717) is 5.02 Å². The molecular formula is C23H20ClN3O2S. The first kappa shape index (κ1) is 20.3. The van der Waals surface area contributed by atoms with Crippen LogP contribution in [0.3, 0.4) is 0 Å². The predicted octanol–water partition coefficient (Wildman–Crippen LogP) is 5.90. The zero-order valence-corrected chi connectivity index (χ0v) is 18.2. The maximum atomic E-state index is 6.10. The van der Waals surface area contributed by atoms with E-state index < -0.39 is 0 Å². The third-order valence-corrected chi connectivity index (χ3v) is 5.82. The minimum Gasteiger partial charge on any atom is -0.497 e. The zero-order chi connectivity index (χ0) is 20.9. The normalized spacial score (nSPS) is 10.8. The summed E-state index contributed by atoms with van der Waals surface area (Å²) in [7, 11) is 3.32. The SMILES string of the molecule is COc1ccc(-c2nnc(SCc3cccc(OC)c3)n2-c2ccc(Cl)cc2)cc1. The quantitative estimate of drug-likeness (QED) is 0.337. The van der Waals surface area contributed by atoms with E-state index in [1.54, 1.807) is 26.0 Å². The van der Waals surface area contributed by atoms with Gasteiger partial charge in [-0.15, -0.1) is 10.2 Å². The van der Waals surface area contributed by atoms with Crippen molar-refractivity contribution in [2.75, 3.05) is 14.2 Å². The molecule has 4 rings (SSSR count). The van der Waals surface area contributed by atoms with Crippen molar-refractivity contribution in [3.8, 4) is 28.6 Å². The van der Waals surface area contributed by atoms with Crippen LogP contribution in [0.15, 0.2) is 78.0 Å². The van der Waals surface area contributed by atoms with Crippen LogP contribution in [-0.2, 0) is 5.75 Å². The Hall–Kier alpha value is -2.96. The number of nitrogens with zero attached hydrogens (tertiary/aromatic N) is 3. The van der Waals surface area contributed by atoms with Crippen LogP contribution in [0, 0.1) is 0 Å². The van der Waals surface area contributed by atoms with Gasteiger partial charge in [0.05, 0.1) is 14.2 Å². The van der Waals surface area contributed by atoms with Gasteiger partial charge in [-0.05, 0) is 66.2 Å². The fourth-order valence-corrected chi connectivity index (χ4v) is 4.04. The topological polar surface area (TPSA) is 49.2 Å². The van der Waals surface area contributed by atoms with Crippen LogP contribution < -0.4 is 9.47 Å². The Morgan fingerprint density at radius 3 is 2.30 bits per heavy atom. The van der Waals surface area contributed by atoms with Crippen LogP contribution >= 0.6 is 23.4 Å². The fourth-order valence-electron chi connectivity index (χ4n) is 3.02. The summed E-state index contributed by atoms with van der Waals surface area (Å²) < 4.78 is 12.6. The lowest BCUT2D eigenvalue weighted by Gasteiger charge is -2.11.